The molecular formula is C15H20N2O4. The molecule has 1 saturated heterocycles. The van der Waals surface area contributed by atoms with Gasteiger partial charge in [0.25, 0.3) is 0 Å². The fourth-order valence-electron chi connectivity index (χ4n) is 2.77. The number of amides is 1. The minimum atomic E-state index is -0.870. The molecule has 114 valence electrons. The summed E-state index contributed by atoms with van der Waals surface area (Å²) < 4.78 is 0. The Morgan fingerprint density at radius 3 is 2.52 bits per heavy atom. The minimum Gasteiger partial charge on any atom is -0.508 e. The van der Waals surface area contributed by atoms with Crippen molar-refractivity contribution in [2.75, 3.05) is 6.54 Å². The molecule has 6 heteroatoms. The summed E-state index contributed by atoms with van der Waals surface area (Å²) >= 11 is 0. The quantitative estimate of drug-likeness (QED) is 0.753. The molecule has 1 amide bonds. The first-order valence-corrected chi connectivity index (χ1v) is 6.97. The highest BCUT2D eigenvalue weighted by molar-refractivity contribution is 5.84. The standard InChI is InChI=1S/C15H20N2O4/c1-9-12(15(20)21)6-7-17(9)14(19)13(16)8-10-2-4-11(18)5-3-10/h2-5,9,12-13,18H,6-8,16H2,1H3,(H,20,21)/t9?,12?,13-/m0/s1. The van der Waals surface area contributed by atoms with E-state index in [-0.39, 0.29) is 17.7 Å². The summed E-state index contributed by atoms with van der Waals surface area (Å²) in [7, 11) is 0. The zero-order valence-electron chi connectivity index (χ0n) is 11.9. The second-order valence-electron chi connectivity index (χ2n) is 5.48. The maximum Gasteiger partial charge on any atom is 0.308 e. The maximum absolute atomic E-state index is 12.4. The molecule has 1 aromatic rings. The maximum atomic E-state index is 12.4. The smallest absolute Gasteiger partial charge is 0.308 e. The van der Waals surface area contributed by atoms with Gasteiger partial charge in [0.1, 0.15) is 5.75 Å². The van der Waals surface area contributed by atoms with E-state index in [1.54, 1.807) is 36.1 Å². The molecule has 0 aliphatic carbocycles. The third kappa shape index (κ3) is 3.33. The van der Waals surface area contributed by atoms with Crippen molar-refractivity contribution in [1.82, 2.24) is 4.90 Å². The van der Waals surface area contributed by atoms with E-state index in [0.29, 0.717) is 19.4 Å². The number of carbonyl (C=O) groups is 2. The van der Waals surface area contributed by atoms with Crippen molar-refractivity contribution in [3.05, 3.63) is 29.8 Å². The van der Waals surface area contributed by atoms with Gasteiger partial charge >= 0.3 is 5.97 Å². The van der Waals surface area contributed by atoms with E-state index in [9.17, 15) is 14.7 Å². The highest BCUT2D eigenvalue weighted by Crippen LogP contribution is 2.25. The molecule has 2 rings (SSSR count). The Bertz CT molecular complexity index is 529. The SMILES string of the molecule is CC1C(C(=O)O)CCN1C(=O)[C@@H](N)Cc1ccc(O)cc1. The molecule has 1 heterocycles. The van der Waals surface area contributed by atoms with Crippen molar-refractivity contribution in [1.29, 1.82) is 0 Å². The number of hydrogen-bond donors (Lipinski definition) is 3. The number of carbonyl (C=O) groups excluding carboxylic acids is 1. The van der Waals surface area contributed by atoms with Gasteiger partial charge < -0.3 is 20.8 Å². The summed E-state index contributed by atoms with van der Waals surface area (Å²) in [4.78, 5) is 25.0. The molecule has 1 aliphatic heterocycles. The molecule has 0 aromatic heterocycles. The molecule has 1 aliphatic rings. The molecule has 3 atom stereocenters. The van der Waals surface area contributed by atoms with Crippen LogP contribution in [0.15, 0.2) is 24.3 Å². The first-order chi connectivity index (χ1) is 9.90. The number of phenolic OH excluding ortho intramolecular Hbond substituents is 1. The number of rotatable bonds is 4. The van der Waals surface area contributed by atoms with Crippen LogP contribution in [0.5, 0.6) is 5.75 Å². The molecule has 0 radical (unpaired) electrons. The molecular weight excluding hydrogens is 272 g/mol. The summed E-state index contributed by atoms with van der Waals surface area (Å²) in [5.74, 6) is -1.45. The normalized spacial score (nSPS) is 23.0. The topological polar surface area (TPSA) is 104 Å². The fraction of sp³-hybridized carbons (Fsp3) is 0.467. The van der Waals surface area contributed by atoms with Crippen LogP contribution in [0.25, 0.3) is 0 Å². The summed E-state index contributed by atoms with van der Waals surface area (Å²) in [6, 6.07) is 5.49. The van der Waals surface area contributed by atoms with E-state index in [0.717, 1.165) is 5.56 Å². The molecule has 2 unspecified atom stereocenters. The Hall–Kier alpha value is -2.08. The zero-order chi connectivity index (χ0) is 15.6. The second kappa shape index (κ2) is 6.13. The van der Waals surface area contributed by atoms with Gasteiger partial charge in [0.05, 0.1) is 12.0 Å². The van der Waals surface area contributed by atoms with E-state index in [1.807, 2.05) is 0 Å². The van der Waals surface area contributed by atoms with Gasteiger partial charge in [-0.25, -0.2) is 0 Å². The number of aromatic hydroxyl groups is 1. The van der Waals surface area contributed by atoms with Gasteiger partial charge in [0, 0.05) is 12.6 Å². The zero-order valence-corrected chi connectivity index (χ0v) is 11.9. The summed E-state index contributed by atoms with van der Waals surface area (Å²) in [6.07, 6.45) is 0.828. The number of aliphatic carboxylic acids is 1. The largest absolute Gasteiger partial charge is 0.508 e. The molecule has 0 bridgehead atoms. The molecule has 0 saturated carbocycles. The van der Waals surface area contributed by atoms with Crippen LogP contribution in [0.1, 0.15) is 18.9 Å². The van der Waals surface area contributed by atoms with Crippen LogP contribution in [0, 0.1) is 5.92 Å². The minimum absolute atomic E-state index is 0.163. The number of nitrogens with zero attached hydrogens (tertiary/aromatic N) is 1. The van der Waals surface area contributed by atoms with Gasteiger partial charge in [0.2, 0.25) is 5.91 Å². The lowest BCUT2D eigenvalue weighted by molar-refractivity contribution is -0.143. The lowest BCUT2D eigenvalue weighted by atomic mass is 10.0. The van der Waals surface area contributed by atoms with E-state index in [4.69, 9.17) is 10.8 Å². The summed E-state index contributed by atoms with van der Waals surface area (Å²) in [6.45, 7) is 2.18. The highest BCUT2D eigenvalue weighted by Gasteiger charge is 2.39. The van der Waals surface area contributed by atoms with Gasteiger partial charge in [-0.15, -0.1) is 0 Å². The van der Waals surface area contributed by atoms with E-state index >= 15 is 0 Å². The Labute approximate surface area is 123 Å². The number of phenols is 1. The van der Waals surface area contributed by atoms with Gasteiger partial charge in [-0.2, -0.15) is 0 Å². The predicted octanol–water partition coefficient (Wildman–Crippen LogP) is 0.584. The Balaban J connectivity index is 1.99. The molecule has 0 spiro atoms. The third-order valence-electron chi connectivity index (χ3n) is 4.06. The van der Waals surface area contributed by atoms with Gasteiger partial charge in [-0.1, -0.05) is 12.1 Å². The van der Waals surface area contributed by atoms with Crippen LogP contribution in [0.3, 0.4) is 0 Å². The van der Waals surface area contributed by atoms with Crippen molar-refractivity contribution in [2.45, 2.75) is 31.8 Å². The van der Waals surface area contributed by atoms with Crippen LogP contribution in [-0.4, -0.2) is 45.6 Å². The van der Waals surface area contributed by atoms with E-state index in [2.05, 4.69) is 0 Å². The third-order valence-corrected chi connectivity index (χ3v) is 4.06. The molecule has 6 nitrogen and oxygen atoms in total. The lowest BCUT2D eigenvalue weighted by Gasteiger charge is -2.26. The molecule has 1 fully saturated rings. The van der Waals surface area contributed by atoms with Crippen molar-refractivity contribution in [3.63, 3.8) is 0 Å². The van der Waals surface area contributed by atoms with Crippen LogP contribution in [-0.2, 0) is 16.0 Å². The van der Waals surface area contributed by atoms with Crippen LogP contribution >= 0.6 is 0 Å². The highest BCUT2D eigenvalue weighted by atomic mass is 16.4. The first kappa shape index (κ1) is 15.3. The Morgan fingerprint density at radius 1 is 1.38 bits per heavy atom. The van der Waals surface area contributed by atoms with Crippen LogP contribution < -0.4 is 5.73 Å². The van der Waals surface area contributed by atoms with Gasteiger partial charge in [-0.3, -0.25) is 9.59 Å². The Morgan fingerprint density at radius 2 is 2.00 bits per heavy atom. The fourth-order valence-corrected chi connectivity index (χ4v) is 2.77. The average Bonchev–Trinajstić information content (AvgIpc) is 2.82. The van der Waals surface area contributed by atoms with Crippen molar-refractivity contribution < 1.29 is 19.8 Å². The number of nitrogens with two attached hydrogens (primary N) is 1. The number of hydrogen-bond acceptors (Lipinski definition) is 4. The van der Waals surface area contributed by atoms with Crippen LogP contribution in [0.4, 0.5) is 0 Å². The van der Waals surface area contributed by atoms with Gasteiger partial charge in [0.15, 0.2) is 0 Å². The Kier molecular flexibility index (Phi) is 4.47. The van der Waals surface area contributed by atoms with E-state index in [1.165, 1.54) is 0 Å². The van der Waals surface area contributed by atoms with Crippen molar-refractivity contribution >= 4 is 11.9 Å². The molecule has 1 aromatic carbocycles. The first-order valence-electron chi connectivity index (χ1n) is 6.97. The number of carboxylic acid groups (broad SMARTS) is 1. The molecule has 4 N–H and O–H groups in total. The van der Waals surface area contributed by atoms with Crippen molar-refractivity contribution in [3.8, 4) is 5.75 Å². The summed E-state index contributed by atoms with van der Waals surface area (Å²) in [5, 5.41) is 18.3. The number of benzene rings is 1. The number of likely N-dealkylation sites (tertiary alicyclic amines) is 1. The monoisotopic (exact) mass is 292 g/mol. The van der Waals surface area contributed by atoms with Crippen molar-refractivity contribution in [2.24, 2.45) is 11.7 Å². The predicted molar refractivity (Wildman–Crippen MR) is 76.7 cm³/mol. The molecule has 21 heavy (non-hydrogen) atoms. The van der Waals surface area contributed by atoms with Crippen LogP contribution in [0.2, 0.25) is 0 Å². The van der Waals surface area contributed by atoms with E-state index < -0.39 is 17.9 Å². The van der Waals surface area contributed by atoms with Gasteiger partial charge in [-0.05, 0) is 37.5 Å². The second-order valence-corrected chi connectivity index (χ2v) is 5.48. The average molecular weight is 292 g/mol. The summed E-state index contributed by atoms with van der Waals surface area (Å²) in [5.41, 5.74) is 6.81. The number of carboxylic acids is 1. The lowest BCUT2D eigenvalue weighted by Crippen LogP contribution is -2.47.